The third-order valence-electron chi connectivity index (χ3n) is 3.86. The first kappa shape index (κ1) is 13.0. The van der Waals surface area contributed by atoms with Crippen molar-refractivity contribution in [3.63, 3.8) is 0 Å². The van der Waals surface area contributed by atoms with E-state index in [1.54, 1.807) is 0 Å². The van der Waals surface area contributed by atoms with Crippen molar-refractivity contribution in [1.82, 2.24) is 10.2 Å². The van der Waals surface area contributed by atoms with Crippen molar-refractivity contribution in [2.75, 3.05) is 20.1 Å². The highest BCUT2D eigenvalue weighted by Gasteiger charge is 2.30. The van der Waals surface area contributed by atoms with Crippen LogP contribution in [0.1, 0.15) is 40.5 Å². The maximum atomic E-state index is 3.52. The fraction of sp³-hybridized carbons (Fsp3) is 1.00. The Morgan fingerprint density at radius 3 is 2.47 bits per heavy atom. The molecule has 1 N–H and O–H groups in total. The molecule has 1 rings (SSSR count). The van der Waals surface area contributed by atoms with Gasteiger partial charge >= 0.3 is 0 Å². The molecule has 1 aliphatic rings. The highest BCUT2D eigenvalue weighted by atomic mass is 15.2. The van der Waals surface area contributed by atoms with Gasteiger partial charge in [-0.3, -0.25) is 4.90 Å². The van der Waals surface area contributed by atoms with Crippen molar-refractivity contribution in [1.29, 1.82) is 0 Å². The summed E-state index contributed by atoms with van der Waals surface area (Å²) in [5.41, 5.74) is 0. The van der Waals surface area contributed by atoms with Crippen molar-refractivity contribution in [3.05, 3.63) is 0 Å². The van der Waals surface area contributed by atoms with E-state index < -0.39 is 0 Å². The molecule has 2 heteroatoms. The van der Waals surface area contributed by atoms with Crippen LogP contribution >= 0.6 is 0 Å². The number of hydrogen-bond acceptors (Lipinski definition) is 2. The lowest BCUT2D eigenvalue weighted by atomic mass is 9.96. The standard InChI is InChI=1S/C13H28N2/c1-6-12-8-14-9-13(12)15(5)11(4)7-10(2)3/h10-14H,6-9H2,1-5H3. The minimum absolute atomic E-state index is 0.712. The molecule has 0 aromatic carbocycles. The molecule has 0 amide bonds. The Kier molecular flexibility index (Phi) is 5.07. The summed E-state index contributed by atoms with van der Waals surface area (Å²) in [6, 6.07) is 1.47. The van der Waals surface area contributed by atoms with Gasteiger partial charge in [-0.2, -0.15) is 0 Å². The van der Waals surface area contributed by atoms with Gasteiger partial charge in [-0.1, -0.05) is 27.2 Å². The van der Waals surface area contributed by atoms with E-state index in [2.05, 4.69) is 45.0 Å². The fourth-order valence-corrected chi connectivity index (χ4v) is 2.79. The molecule has 0 aromatic heterocycles. The van der Waals surface area contributed by atoms with E-state index in [-0.39, 0.29) is 0 Å². The Morgan fingerprint density at radius 1 is 1.27 bits per heavy atom. The molecule has 1 fully saturated rings. The van der Waals surface area contributed by atoms with Gasteiger partial charge in [0.25, 0.3) is 0 Å². The van der Waals surface area contributed by atoms with Gasteiger partial charge in [0, 0.05) is 18.6 Å². The normalized spacial score (nSPS) is 29.0. The lowest BCUT2D eigenvalue weighted by Gasteiger charge is -2.34. The molecule has 0 aliphatic carbocycles. The third-order valence-corrected chi connectivity index (χ3v) is 3.86. The second-order valence-corrected chi connectivity index (χ2v) is 5.54. The third kappa shape index (κ3) is 3.46. The van der Waals surface area contributed by atoms with Crippen molar-refractivity contribution < 1.29 is 0 Å². The zero-order valence-corrected chi connectivity index (χ0v) is 11.1. The van der Waals surface area contributed by atoms with Crippen molar-refractivity contribution >= 4 is 0 Å². The Hall–Kier alpha value is -0.0800. The molecule has 1 saturated heterocycles. The number of rotatable bonds is 5. The molecule has 2 nitrogen and oxygen atoms in total. The molecule has 1 aliphatic heterocycles. The Bertz CT molecular complexity index is 179. The second kappa shape index (κ2) is 5.86. The van der Waals surface area contributed by atoms with Crippen LogP contribution in [-0.2, 0) is 0 Å². The first-order chi connectivity index (χ1) is 7.06. The SMILES string of the molecule is CCC1CNCC1N(C)C(C)CC(C)C. The van der Waals surface area contributed by atoms with Crippen LogP contribution in [0.3, 0.4) is 0 Å². The van der Waals surface area contributed by atoms with Crippen LogP contribution in [0.4, 0.5) is 0 Å². The van der Waals surface area contributed by atoms with Crippen LogP contribution in [0.2, 0.25) is 0 Å². The predicted molar refractivity (Wildman–Crippen MR) is 67.1 cm³/mol. The predicted octanol–water partition coefficient (Wildman–Crippen LogP) is 2.35. The molecule has 3 atom stereocenters. The summed E-state index contributed by atoms with van der Waals surface area (Å²) >= 11 is 0. The van der Waals surface area contributed by atoms with Gasteiger partial charge in [0.2, 0.25) is 0 Å². The Labute approximate surface area is 95.4 Å². The summed E-state index contributed by atoms with van der Waals surface area (Å²) in [5.74, 6) is 1.65. The van der Waals surface area contributed by atoms with Gasteiger partial charge in [0.15, 0.2) is 0 Å². The van der Waals surface area contributed by atoms with E-state index in [4.69, 9.17) is 0 Å². The molecule has 0 bridgehead atoms. The molecule has 0 spiro atoms. The zero-order valence-electron chi connectivity index (χ0n) is 11.1. The summed E-state index contributed by atoms with van der Waals surface area (Å²) in [4.78, 5) is 2.59. The van der Waals surface area contributed by atoms with Crippen LogP contribution in [0.15, 0.2) is 0 Å². The average molecular weight is 212 g/mol. The number of hydrogen-bond donors (Lipinski definition) is 1. The maximum Gasteiger partial charge on any atom is 0.0260 e. The van der Waals surface area contributed by atoms with Gasteiger partial charge in [-0.05, 0) is 38.8 Å². The molecule has 0 radical (unpaired) electrons. The smallest absolute Gasteiger partial charge is 0.0260 e. The molecule has 0 aromatic rings. The summed E-state index contributed by atoms with van der Waals surface area (Å²) < 4.78 is 0. The quantitative estimate of drug-likeness (QED) is 0.752. The second-order valence-electron chi connectivity index (χ2n) is 5.54. The van der Waals surface area contributed by atoms with E-state index in [1.165, 1.54) is 25.9 Å². The average Bonchev–Trinajstić information content (AvgIpc) is 2.62. The van der Waals surface area contributed by atoms with Crippen LogP contribution in [0, 0.1) is 11.8 Å². The molecule has 15 heavy (non-hydrogen) atoms. The van der Waals surface area contributed by atoms with E-state index >= 15 is 0 Å². The lowest BCUT2D eigenvalue weighted by Crippen LogP contribution is -2.43. The first-order valence-corrected chi connectivity index (χ1v) is 6.48. The molecule has 90 valence electrons. The lowest BCUT2D eigenvalue weighted by molar-refractivity contribution is 0.143. The summed E-state index contributed by atoms with van der Waals surface area (Å²) in [6.07, 6.45) is 2.61. The number of nitrogens with zero attached hydrogens (tertiary/aromatic N) is 1. The number of likely N-dealkylation sites (N-methyl/N-ethyl adjacent to an activating group) is 1. The van der Waals surface area contributed by atoms with E-state index in [0.717, 1.165) is 17.9 Å². The molecule has 1 heterocycles. The van der Waals surface area contributed by atoms with E-state index in [0.29, 0.717) is 6.04 Å². The largest absolute Gasteiger partial charge is 0.315 e. The van der Waals surface area contributed by atoms with Gasteiger partial charge in [-0.25, -0.2) is 0 Å². The fourth-order valence-electron chi connectivity index (χ4n) is 2.79. The molecule has 0 saturated carbocycles. The minimum Gasteiger partial charge on any atom is -0.315 e. The van der Waals surface area contributed by atoms with Gasteiger partial charge < -0.3 is 5.32 Å². The Morgan fingerprint density at radius 2 is 1.93 bits per heavy atom. The number of nitrogens with one attached hydrogen (secondary N) is 1. The monoisotopic (exact) mass is 212 g/mol. The summed E-state index contributed by atoms with van der Waals surface area (Å²) in [5, 5.41) is 3.52. The zero-order chi connectivity index (χ0) is 11.4. The summed E-state index contributed by atoms with van der Waals surface area (Å²) in [6.45, 7) is 11.7. The first-order valence-electron chi connectivity index (χ1n) is 6.48. The van der Waals surface area contributed by atoms with Crippen molar-refractivity contribution in [2.45, 2.75) is 52.6 Å². The highest BCUT2D eigenvalue weighted by Crippen LogP contribution is 2.21. The topological polar surface area (TPSA) is 15.3 Å². The van der Waals surface area contributed by atoms with Crippen LogP contribution in [-0.4, -0.2) is 37.1 Å². The maximum absolute atomic E-state index is 3.52. The Balaban J connectivity index is 2.47. The van der Waals surface area contributed by atoms with Crippen LogP contribution < -0.4 is 5.32 Å². The van der Waals surface area contributed by atoms with Crippen LogP contribution in [0.5, 0.6) is 0 Å². The minimum atomic E-state index is 0.712. The highest BCUT2D eigenvalue weighted by molar-refractivity contribution is 4.88. The van der Waals surface area contributed by atoms with Gasteiger partial charge in [0.05, 0.1) is 0 Å². The van der Waals surface area contributed by atoms with E-state index in [1.807, 2.05) is 0 Å². The van der Waals surface area contributed by atoms with Gasteiger partial charge in [-0.15, -0.1) is 0 Å². The molecule has 3 unspecified atom stereocenters. The van der Waals surface area contributed by atoms with Crippen molar-refractivity contribution in [3.8, 4) is 0 Å². The van der Waals surface area contributed by atoms with Gasteiger partial charge in [0.1, 0.15) is 0 Å². The van der Waals surface area contributed by atoms with Crippen molar-refractivity contribution in [2.24, 2.45) is 11.8 Å². The molecular formula is C13H28N2. The van der Waals surface area contributed by atoms with E-state index in [9.17, 15) is 0 Å². The van der Waals surface area contributed by atoms with Crippen LogP contribution in [0.25, 0.3) is 0 Å². The molecular weight excluding hydrogens is 184 g/mol. The summed E-state index contributed by atoms with van der Waals surface area (Å²) in [7, 11) is 2.30.